The second-order valence-corrected chi connectivity index (χ2v) is 7.71. The second kappa shape index (κ2) is 6.02. The lowest BCUT2D eigenvalue weighted by molar-refractivity contribution is -0.204. The van der Waals surface area contributed by atoms with Crippen LogP contribution in [0.3, 0.4) is 0 Å². The highest BCUT2D eigenvalue weighted by molar-refractivity contribution is 4.90. The van der Waals surface area contributed by atoms with E-state index < -0.39 is 23.7 Å². The number of hydrogen-bond donors (Lipinski definition) is 0. The Bertz CT molecular complexity index is 274. The molecule has 0 bridgehead atoms. The van der Waals surface area contributed by atoms with Crippen LogP contribution >= 0.6 is 0 Å². The highest BCUT2D eigenvalue weighted by Crippen LogP contribution is 2.36. The molecule has 0 heterocycles. The Morgan fingerprint density at radius 2 is 1.32 bits per heavy atom. The monoisotopic (exact) mass is 281 g/mol. The zero-order valence-corrected chi connectivity index (χ0v) is 13.7. The number of nitrogens with zero attached hydrogens (tertiary/aromatic N) is 1. The van der Waals surface area contributed by atoms with E-state index >= 15 is 0 Å². The zero-order valence-electron chi connectivity index (χ0n) is 13.7. The lowest BCUT2D eigenvalue weighted by Gasteiger charge is -2.44. The van der Waals surface area contributed by atoms with Crippen LogP contribution in [0.4, 0.5) is 13.2 Å². The molecule has 0 N–H and O–H groups in total. The smallest absolute Gasteiger partial charge is 0.290 e. The van der Waals surface area contributed by atoms with Crippen LogP contribution in [0.25, 0.3) is 0 Å². The van der Waals surface area contributed by atoms with E-state index in [1.54, 1.807) is 20.9 Å². The lowest BCUT2D eigenvalue weighted by atomic mass is 9.83. The third kappa shape index (κ3) is 6.15. The molecule has 4 heteroatoms. The van der Waals surface area contributed by atoms with Gasteiger partial charge in [-0.25, -0.2) is 0 Å². The first-order valence-corrected chi connectivity index (χ1v) is 6.98. The molecular formula is C15H30F3N. The molecular weight excluding hydrogens is 251 g/mol. The first kappa shape index (κ1) is 18.8. The Labute approximate surface area is 116 Å². The molecule has 0 saturated carbocycles. The summed E-state index contributed by atoms with van der Waals surface area (Å²) in [7, 11) is 1.60. The predicted molar refractivity (Wildman–Crippen MR) is 75.2 cm³/mol. The fourth-order valence-electron chi connectivity index (χ4n) is 2.28. The molecule has 0 saturated heterocycles. The summed E-state index contributed by atoms with van der Waals surface area (Å²) in [5, 5.41) is 0. The molecule has 1 nitrogen and oxygen atoms in total. The van der Waals surface area contributed by atoms with E-state index in [1.807, 2.05) is 13.8 Å². The van der Waals surface area contributed by atoms with E-state index in [4.69, 9.17) is 0 Å². The van der Waals surface area contributed by atoms with Gasteiger partial charge in [-0.3, -0.25) is 4.90 Å². The Morgan fingerprint density at radius 3 is 1.58 bits per heavy atom. The molecule has 0 aromatic rings. The van der Waals surface area contributed by atoms with Gasteiger partial charge in [-0.2, -0.15) is 13.2 Å². The molecule has 0 radical (unpaired) electrons. The second-order valence-electron chi connectivity index (χ2n) is 7.71. The van der Waals surface area contributed by atoms with Gasteiger partial charge < -0.3 is 0 Å². The minimum absolute atomic E-state index is 0.143. The Kier molecular flexibility index (Phi) is 5.95. The first-order valence-electron chi connectivity index (χ1n) is 6.98. The molecule has 1 atom stereocenters. The molecule has 0 aliphatic heterocycles. The quantitative estimate of drug-likeness (QED) is 0.677. The third-order valence-electron chi connectivity index (χ3n) is 3.83. The molecule has 0 aromatic heterocycles. The molecule has 0 spiro atoms. The Hall–Kier alpha value is -0.250. The largest absolute Gasteiger partial charge is 0.404 e. The number of alkyl halides is 3. The van der Waals surface area contributed by atoms with Crippen molar-refractivity contribution in [2.24, 2.45) is 11.3 Å². The predicted octanol–water partition coefficient (Wildman–Crippen LogP) is 5.11. The van der Waals surface area contributed by atoms with E-state index in [0.717, 1.165) is 12.8 Å². The van der Waals surface area contributed by atoms with Crippen LogP contribution < -0.4 is 0 Å². The zero-order chi connectivity index (χ0) is 15.6. The van der Waals surface area contributed by atoms with Crippen molar-refractivity contribution in [3.05, 3.63) is 0 Å². The first-order chi connectivity index (χ1) is 8.18. The van der Waals surface area contributed by atoms with Gasteiger partial charge in [0.1, 0.15) is 6.04 Å². The van der Waals surface area contributed by atoms with Crippen molar-refractivity contribution < 1.29 is 13.2 Å². The molecule has 0 aliphatic rings. The average molecular weight is 281 g/mol. The van der Waals surface area contributed by atoms with Gasteiger partial charge in [0, 0.05) is 5.54 Å². The summed E-state index contributed by atoms with van der Waals surface area (Å²) < 4.78 is 39.6. The van der Waals surface area contributed by atoms with Crippen molar-refractivity contribution in [3.8, 4) is 0 Å². The van der Waals surface area contributed by atoms with E-state index in [1.165, 1.54) is 4.90 Å². The summed E-state index contributed by atoms with van der Waals surface area (Å²) in [4.78, 5) is 1.50. The molecule has 0 fully saturated rings. The van der Waals surface area contributed by atoms with Crippen molar-refractivity contribution in [3.63, 3.8) is 0 Å². The van der Waals surface area contributed by atoms with Crippen LogP contribution in [-0.4, -0.2) is 29.7 Å². The molecule has 19 heavy (non-hydrogen) atoms. The summed E-state index contributed by atoms with van der Waals surface area (Å²) in [5.74, 6) is -0.445. The van der Waals surface area contributed by atoms with Crippen molar-refractivity contribution in [1.82, 2.24) is 4.90 Å². The van der Waals surface area contributed by atoms with Crippen molar-refractivity contribution >= 4 is 0 Å². The SMILES string of the molecule is CC(C)[C@H](N(C)C(C)(C)CCC(C)(C)C)C(F)(F)F. The maximum Gasteiger partial charge on any atom is 0.404 e. The van der Waals surface area contributed by atoms with Crippen molar-refractivity contribution in [2.75, 3.05) is 7.05 Å². The van der Waals surface area contributed by atoms with Gasteiger partial charge in [-0.1, -0.05) is 34.6 Å². The van der Waals surface area contributed by atoms with Crippen LogP contribution in [-0.2, 0) is 0 Å². The van der Waals surface area contributed by atoms with E-state index in [0.29, 0.717) is 0 Å². The maximum atomic E-state index is 13.2. The van der Waals surface area contributed by atoms with Crippen LogP contribution in [0, 0.1) is 11.3 Å². The Balaban J connectivity index is 4.97. The number of hydrogen-bond acceptors (Lipinski definition) is 1. The van der Waals surface area contributed by atoms with Gasteiger partial charge in [0.25, 0.3) is 0 Å². The summed E-state index contributed by atoms with van der Waals surface area (Å²) in [6.07, 6.45) is -2.51. The molecule has 0 rings (SSSR count). The lowest BCUT2D eigenvalue weighted by Crippen LogP contribution is -2.55. The molecule has 0 aliphatic carbocycles. The molecule has 0 amide bonds. The van der Waals surface area contributed by atoms with Crippen molar-refractivity contribution in [2.45, 2.75) is 79.1 Å². The third-order valence-corrected chi connectivity index (χ3v) is 3.83. The summed E-state index contributed by atoms with van der Waals surface area (Å²) in [6, 6.07) is -1.39. The summed E-state index contributed by atoms with van der Waals surface area (Å²) in [6.45, 7) is 13.4. The van der Waals surface area contributed by atoms with Crippen LogP contribution in [0.1, 0.15) is 61.3 Å². The van der Waals surface area contributed by atoms with Crippen molar-refractivity contribution in [1.29, 1.82) is 0 Å². The molecule has 0 aromatic carbocycles. The standard InChI is InChI=1S/C15H30F3N/c1-11(2)12(15(16,17)18)19(8)14(6,7)10-9-13(3,4)5/h11-12H,9-10H2,1-8H3/t12-/m0/s1. The van der Waals surface area contributed by atoms with Gasteiger partial charge in [0.15, 0.2) is 0 Å². The van der Waals surface area contributed by atoms with Gasteiger partial charge in [0.2, 0.25) is 0 Å². The molecule has 116 valence electrons. The topological polar surface area (TPSA) is 3.24 Å². The van der Waals surface area contributed by atoms with Gasteiger partial charge in [-0.05, 0) is 45.1 Å². The van der Waals surface area contributed by atoms with E-state index in [2.05, 4.69) is 20.8 Å². The average Bonchev–Trinajstić information content (AvgIpc) is 2.10. The highest BCUT2D eigenvalue weighted by atomic mass is 19.4. The fourth-order valence-corrected chi connectivity index (χ4v) is 2.28. The van der Waals surface area contributed by atoms with Crippen LogP contribution in [0.2, 0.25) is 0 Å². The Morgan fingerprint density at radius 1 is 0.895 bits per heavy atom. The number of rotatable bonds is 5. The minimum Gasteiger partial charge on any atom is -0.290 e. The summed E-state index contributed by atoms with van der Waals surface area (Å²) in [5.41, 5.74) is -0.318. The number of halogens is 3. The maximum absolute atomic E-state index is 13.2. The summed E-state index contributed by atoms with van der Waals surface area (Å²) >= 11 is 0. The minimum atomic E-state index is -4.18. The van der Waals surface area contributed by atoms with Gasteiger partial charge >= 0.3 is 6.18 Å². The highest BCUT2D eigenvalue weighted by Gasteiger charge is 2.47. The van der Waals surface area contributed by atoms with Gasteiger partial charge in [0.05, 0.1) is 0 Å². The normalized spacial score (nSPS) is 16.3. The van der Waals surface area contributed by atoms with E-state index in [-0.39, 0.29) is 5.41 Å². The molecule has 0 unspecified atom stereocenters. The van der Waals surface area contributed by atoms with Crippen LogP contribution in [0.5, 0.6) is 0 Å². The van der Waals surface area contributed by atoms with Crippen LogP contribution in [0.15, 0.2) is 0 Å². The fraction of sp³-hybridized carbons (Fsp3) is 1.00. The van der Waals surface area contributed by atoms with E-state index in [9.17, 15) is 13.2 Å². The van der Waals surface area contributed by atoms with Gasteiger partial charge in [-0.15, -0.1) is 0 Å².